The Balaban J connectivity index is 2.05. The van der Waals surface area contributed by atoms with E-state index in [0.29, 0.717) is 5.75 Å². The first kappa shape index (κ1) is 20.6. The van der Waals surface area contributed by atoms with Gasteiger partial charge < -0.3 is 9.47 Å². The molecule has 0 saturated carbocycles. The first-order valence-electron chi connectivity index (χ1n) is 8.21. The third-order valence-electron chi connectivity index (χ3n) is 3.50. The molecule has 0 saturated heterocycles. The summed E-state index contributed by atoms with van der Waals surface area (Å²) in [4.78, 5) is 23.5. The van der Waals surface area contributed by atoms with Crippen molar-refractivity contribution in [1.29, 1.82) is 0 Å². The van der Waals surface area contributed by atoms with E-state index in [9.17, 15) is 18.0 Å². The van der Waals surface area contributed by atoms with E-state index in [1.54, 1.807) is 38.1 Å². The Hall–Kier alpha value is -2.71. The van der Waals surface area contributed by atoms with Crippen molar-refractivity contribution >= 4 is 22.0 Å². The van der Waals surface area contributed by atoms with Crippen LogP contribution in [0.4, 0.5) is 0 Å². The summed E-state index contributed by atoms with van der Waals surface area (Å²) in [6.45, 7) is 3.44. The molecule has 0 fully saturated rings. The van der Waals surface area contributed by atoms with Crippen LogP contribution in [0.1, 0.15) is 29.8 Å². The highest BCUT2D eigenvalue weighted by molar-refractivity contribution is 7.89. The van der Waals surface area contributed by atoms with E-state index >= 15 is 0 Å². The maximum Gasteiger partial charge on any atom is 0.343 e. The summed E-state index contributed by atoms with van der Waals surface area (Å²) < 4.78 is 36.5. The van der Waals surface area contributed by atoms with Gasteiger partial charge in [-0.25, -0.2) is 17.9 Å². The molecule has 0 aliphatic heterocycles. The summed E-state index contributed by atoms with van der Waals surface area (Å²) in [6.07, 6.45) is 0.130. The van der Waals surface area contributed by atoms with Crippen LogP contribution < -0.4 is 9.46 Å². The van der Waals surface area contributed by atoms with Crippen molar-refractivity contribution in [2.45, 2.75) is 31.2 Å². The highest BCUT2D eigenvalue weighted by atomic mass is 32.2. The molecule has 0 heterocycles. The fourth-order valence-corrected chi connectivity index (χ4v) is 3.48. The summed E-state index contributed by atoms with van der Waals surface area (Å²) in [5.41, 5.74) is 0.950. The van der Waals surface area contributed by atoms with Gasteiger partial charge in [0.05, 0.1) is 24.0 Å². The highest BCUT2D eigenvalue weighted by Gasteiger charge is 2.16. The first-order valence-corrected chi connectivity index (χ1v) is 9.70. The van der Waals surface area contributed by atoms with Gasteiger partial charge >= 0.3 is 11.9 Å². The van der Waals surface area contributed by atoms with Crippen LogP contribution in [0.3, 0.4) is 0 Å². The number of benzene rings is 2. The van der Waals surface area contributed by atoms with Gasteiger partial charge in [-0.2, -0.15) is 0 Å². The molecule has 7 nitrogen and oxygen atoms in total. The molecule has 0 aliphatic carbocycles. The second-order valence-corrected chi connectivity index (χ2v) is 7.80. The predicted octanol–water partition coefficient (Wildman–Crippen LogP) is 2.31. The largest absolute Gasteiger partial charge is 0.469 e. The second kappa shape index (κ2) is 8.79. The standard InChI is InChI=1S/C19H21NO6S/c1-13(2)20-27(23,24)17-10-6-15(7-11-17)19(22)26-16-8-4-14(5-9-16)12-18(21)25-3/h4-11,13,20H,12H2,1-3H3. The van der Waals surface area contributed by atoms with E-state index < -0.39 is 16.0 Å². The van der Waals surface area contributed by atoms with E-state index in [-0.39, 0.29) is 28.9 Å². The van der Waals surface area contributed by atoms with Crippen LogP contribution in [0.2, 0.25) is 0 Å². The van der Waals surface area contributed by atoms with Crippen LogP contribution in [0.15, 0.2) is 53.4 Å². The quantitative estimate of drug-likeness (QED) is 0.574. The van der Waals surface area contributed by atoms with Gasteiger partial charge in [-0.15, -0.1) is 0 Å². The first-order chi connectivity index (χ1) is 12.7. The van der Waals surface area contributed by atoms with Gasteiger partial charge in [-0.1, -0.05) is 12.1 Å². The van der Waals surface area contributed by atoms with Crippen molar-refractivity contribution in [1.82, 2.24) is 4.72 Å². The lowest BCUT2D eigenvalue weighted by Gasteiger charge is -2.10. The smallest absolute Gasteiger partial charge is 0.343 e. The van der Waals surface area contributed by atoms with E-state index in [0.717, 1.165) is 5.56 Å². The molecular weight excluding hydrogens is 370 g/mol. The number of hydrogen-bond acceptors (Lipinski definition) is 6. The molecule has 0 spiro atoms. The molecule has 0 atom stereocenters. The van der Waals surface area contributed by atoms with Crippen LogP contribution in [-0.4, -0.2) is 33.5 Å². The number of hydrogen-bond donors (Lipinski definition) is 1. The van der Waals surface area contributed by atoms with Crippen LogP contribution in [-0.2, 0) is 26.0 Å². The predicted molar refractivity (Wildman–Crippen MR) is 99.0 cm³/mol. The molecule has 0 bridgehead atoms. The molecule has 0 amide bonds. The molecule has 2 rings (SSSR count). The van der Waals surface area contributed by atoms with Crippen LogP contribution in [0.25, 0.3) is 0 Å². The lowest BCUT2D eigenvalue weighted by Crippen LogP contribution is -2.30. The molecule has 0 aliphatic rings. The maximum atomic E-state index is 12.2. The third kappa shape index (κ3) is 5.90. The minimum Gasteiger partial charge on any atom is -0.469 e. The maximum absolute atomic E-state index is 12.2. The number of methoxy groups -OCH3 is 1. The fourth-order valence-electron chi connectivity index (χ4n) is 2.23. The Kier molecular flexibility index (Phi) is 6.70. The fraction of sp³-hybridized carbons (Fsp3) is 0.263. The zero-order valence-electron chi connectivity index (χ0n) is 15.3. The SMILES string of the molecule is COC(=O)Cc1ccc(OC(=O)c2ccc(S(=O)(=O)NC(C)C)cc2)cc1. The molecule has 0 radical (unpaired) electrons. The average molecular weight is 391 g/mol. The Morgan fingerprint density at radius 2 is 1.59 bits per heavy atom. The Bertz CT molecular complexity index is 902. The van der Waals surface area contributed by atoms with Gasteiger partial charge in [0.2, 0.25) is 10.0 Å². The van der Waals surface area contributed by atoms with Crippen molar-refractivity contribution in [2.24, 2.45) is 0 Å². The molecule has 0 aromatic heterocycles. The summed E-state index contributed by atoms with van der Waals surface area (Å²) in [6, 6.07) is 11.7. The zero-order valence-corrected chi connectivity index (χ0v) is 16.1. The number of ether oxygens (including phenoxy) is 2. The van der Waals surface area contributed by atoms with Crippen LogP contribution in [0, 0.1) is 0 Å². The van der Waals surface area contributed by atoms with Gasteiger partial charge in [-0.05, 0) is 55.8 Å². The van der Waals surface area contributed by atoms with Crippen LogP contribution >= 0.6 is 0 Å². The Morgan fingerprint density at radius 1 is 1.00 bits per heavy atom. The molecule has 1 N–H and O–H groups in total. The monoisotopic (exact) mass is 391 g/mol. The molecule has 0 unspecified atom stereocenters. The van der Waals surface area contributed by atoms with Crippen molar-refractivity contribution in [3.63, 3.8) is 0 Å². The number of esters is 2. The molecular formula is C19H21NO6S. The number of sulfonamides is 1. The number of carbonyl (C=O) groups excluding carboxylic acids is 2. The third-order valence-corrected chi connectivity index (χ3v) is 5.18. The van der Waals surface area contributed by atoms with E-state index in [1.165, 1.54) is 31.4 Å². The molecule has 8 heteroatoms. The van der Waals surface area contributed by atoms with Gasteiger partial charge in [0.15, 0.2) is 0 Å². The molecule has 144 valence electrons. The molecule has 2 aromatic rings. The number of rotatable bonds is 7. The lowest BCUT2D eigenvalue weighted by atomic mass is 10.1. The van der Waals surface area contributed by atoms with Crippen molar-refractivity contribution in [3.05, 3.63) is 59.7 Å². The summed E-state index contributed by atoms with van der Waals surface area (Å²) in [7, 11) is -2.30. The lowest BCUT2D eigenvalue weighted by molar-refractivity contribution is -0.139. The van der Waals surface area contributed by atoms with Crippen LogP contribution in [0.5, 0.6) is 5.75 Å². The molecule has 27 heavy (non-hydrogen) atoms. The van der Waals surface area contributed by atoms with Crippen molar-refractivity contribution < 1.29 is 27.5 Å². The summed E-state index contributed by atoms with van der Waals surface area (Å²) >= 11 is 0. The second-order valence-electron chi connectivity index (χ2n) is 6.09. The topological polar surface area (TPSA) is 98.8 Å². The van der Waals surface area contributed by atoms with Gasteiger partial charge in [0, 0.05) is 6.04 Å². The average Bonchev–Trinajstić information content (AvgIpc) is 2.62. The number of nitrogens with one attached hydrogen (secondary N) is 1. The Labute approximate surface area is 158 Å². The van der Waals surface area contributed by atoms with Gasteiger partial charge in [0.25, 0.3) is 0 Å². The minimum absolute atomic E-state index is 0.0694. The van der Waals surface area contributed by atoms with E-state index in [2.05, 4.69) is 9.46 Å². The van der Waals surface area contributed by atoms with Crippen molar-refractivity contribution in [2.75, 3.05) is 7.11 Å². The number of carbonyl (C=O) groups is 2. The summed E-state index contributed by atoms with van der Waals surface area (Å²) in [5.74, 6) is -0.662. The van der Waals surface area contributed by atoms with E-state index in [4.69, 9.17) is 4.74 Å². The normalized spacial score (nSPS) is 11.3. The van der Waals surface area contributed by atoms with Crippen molar-refractivity contribution in [3.8, 4) is 5.75 Å². The summed E-state index contributed by atoms with van der Waals surface area (Å²) in [5, 5.41) is 0. The molecule has 2 aromatic carbocycles. The minimum atomic E-state index is -3.62. The van der Waals surface area contributed by atoms with Gasteiger partial charge in [-0.3, -0.25) is 4.79 Å². The zero-order chi connectivity index (χ0) is 20.0. The highest BCUT2D eigenvalue weighted by Crippen LogP contribution is 2.16. The van der Waals surface area contributed by atoms with Gasteiger partial charge in [0.1, 0.15) is 5.75 Å². The van der Waals surface area contributed by atoms with E-state index in [1.807, 2.05) is 0 Å². The Morgan fingerprint density at radius 3 is 2.11 bits per heavy atom.